The van der Waals surface area contributed by atoms with Gasteiger partial charge in [-0.25, -0.2) is 0 Å². The number of carbonyl (C=O) groups is 2. The van der Waals surface area contributed by atoms with Crippen LogP contribution in [0.4, 0.5) is 0 Å². The van der Waals surface area contributed by atoms with Crippen molar-refractivity contribution in [3.05, 3.63) is 88.9 Å². The van der Waals surface area contributed by atoms with Gasteiger partial charge in [0, 0.05) is 5.56 Å². The van der Waals surface area contributed by atoms with Crippen LogP contribution in [-0.2, 0) is 16.1 Å². The maximum Gasteiger partial charge on any atom is 0.296 e. The lowest BCUT2D eigenvalue weighted by molar-refractivity contribution is -0.140. The lowest BCUT2D eigenvalue weighted by atomic mass is 9.93. The van der Waals surface area contributed by atoms with E-state index in [0.29, 0.717) is 29.2 Å². The minimum absolute atomic E-state index is 0.0219. The molecule has 7 heteroatoms. The number of hydrogen-bond acceptors (Lipinski definition) is 6. The second-order valence-corrected chi connectivity index (χ2v) is 8.62. The summed E-state index contributed by atoms with van der Waals surface area (Å²) in [5.41, 5.74) is 2.01. The normalized spacial score (nSPS) is 17.3. The largest absolute Gasteiger partial charge is 0.507 e. The van der Waals surface area contributed by atoms with Gasteiger partial charge in [-0.15, -0.1) is 0 Å². The molecule has 35 heavy (non-hydrogen) atoms. The van der Waals surface area contributed by atoms with E-state index in [1.165, 1.54) is 11.2 Å². The number of benzene rings is 2. The molecule has 0 spiro atoms. The fourth-order valence-corrected chi connectivity index (χ4v) is 4.36. The Labute approximate surface area is 204 Å². The fourth-order valence-electron chi connectivity index (χ4n) is 4.36. The number of methoxy groups -OCH3 is 1. The molecule has 182 valence electrons. The van der Waals surface area contributed by atoms with Gasteiger partial charge in [0.25, 0.3) is 11.7 Å². The van der Waals surface area contributed by atoms with Gasteiger partial charge in [-0.3, -0.25) is 9.59 Å². The number of ether oxygens (including phenoxy) is 2. The van der Waals surface area contributed by atoms with E-state index in [0.717, 1.165) is 11.3 Å². The highest BCUT2D eigenvalue weighted by atomic mass is 16.5. The van der Waals surface area contributed by atoms with Crippen molar-refractivity contribution >= 4 is 17.4 Å². The van der Waals surface area contributed by atoms with E-state index in [4.69, 9.17) is 13.9 Å². The van der Waals surface area contributed by atoms with Gasteiger partial charge in [0.2, 0.25) is 0 Å². The van der Waals surface area contributed by atoms with Crippen LogP contribution in [0.1, 0.15) is 55.2 Å². The summed E-state index contributed by atoms with van der Waals surface area (Å²) in [6, 6.07) is 15.1. The predicted molar refractivity (Wildman–Crippen MR) is 131 cm³/mol. The smallest absolute Gasteiger partial charge is 0.296 e. The fraction of sp³-hybridized carbons (Fsp3) is 0.286. The zero-order valence-corrected chi connectivity index (χ0v) is 20.3. The molecule has 1 amide bonds. The molecular weight excluding hydrogens is 446 g/mol. The van der Waals surface area contributed by atoms with E-state index in [9.17, 15) is 14.7 Å². The number of aliphatic hydroxyl groups excluding tert-OH is 1. The van der Waals surface area contributed by atoms with Gasteiger partial charge in [0.05, 0.1) is 38.1 Å². The lowest BCUT2D eigenvalue weighted by Crippen LogP contribution is -2.29. The van der Waals surface area contributed by atoms with Crippen LogP contribution >= 0.6 is 0 Å². The molecule has 1 atom stereocenters. The van der Waals surface area contributed by atoms with Gasteiger partial charge in [0.1, 0.15) is 23.0 Å². The van der Waals surface area contributed by atoms with Gasteiger partial charge in [-0.2, -0.15) is 0 Å². The molecule has 0 aliphatic carbocycles. The Bertz CT molecular complexity index is 1260. The molecule has 1 unspecified atom stereocenters. The van der Waals surface area contributed by atoms with E-state index >= 15 is 0 Å². The van der Waals surface area contributed by atoms with Crippen molar-refractivity contribution in [2.24, 2.45) is 0 Å². The van der Waals surface area contributed by atoms with Crippen molar-refractivity contribution in [3.63, 3.8) is 0 Å². The highest BCUT2D eigenvalue weighted by Crippen LogP contribution is 2.42. The SMILES string of the molecule is CCOc1ccc(/C(O)=C2/C(=O)C(=O)N(Cc3ccco3)C2c2cccc(OC)c2)cc1C(C)C. The molecule has 2 aromatic carbocycles. The Balaban J connectivity index is 1.88. The zero-order chi connectivity index (χ0) is 25.1. The highest BCUT2D eigenvalue weighted by molar-refractivity contribution is 6.46. The van der Waals surface area contributed by atoms with Crippen molar-refractivity contribution in [1.82, 2.24) is 4.90 Å². The third-order valence-corrected chi connectivity index (χ3v) is 6.06. The summed E-state index contributed by atoms with van der Waals surface area (Å²) < 4.78 is 16.5. The number of nitrogens with zero attached hydrogens (tertiary/aromatic N) is 1. The number of amides is 1. The maximum atomic E-state index is 13.3. The standard InChI is InChI=1S/C28H29NO6/c1-5-34-23-12-11-19(15-22(23)17(2)3)26(30)24-25(18-8-6-9-20(14-18)33-4)29(28(32)27(24)31)16-21-10-7-13-35-21/h6-15,17,25,30H,5,16H2,1-4H3/b26-24-. The number of carbonyl (C=O) groups excluding carboxylic acids is 2. The van der Waals surface area contributed by atoms with Crippen LogP contribution in [-0.4, -0.2) is 35.4 Å². The minimum atomic E-state index is -0.815. The first-order valence-electron chi connectivity index (χ1n) is 11.6. The van der Waals surface area contributed by atoms with Gasteiger partial charge in [0.15, 0.2) is 0 Å². The lowest BCUT2D eigenvalue weighted by Gasteiger charge is -2.25. The van der Waals surface area contributed by atoms with Gasteiger partial charge < -0.3 is 23.9 Å². The summed E-state index contributed by atoms with van der Waals surface area (Å²) in [6.07, 6.45) is 1.51. The Morgan fingerprint density at radius 3 is 2.57 bits per heavy atom. The summed E-state index contributed by atoms with van der Waals surface area (Å²) in [4.78, 5) is 27.9. The van der Waals surface area contributed by atoms with Crippen LogP contribution in [0, 0.1) is 0 Å². The van der Waals surface area contributed by atoms with Crippen LogP contribution < -0.4 is 9.47 Å². The van der Waals surface area contributed by atoms with Crippen LogP contribution in [0.5, 0.6) is 11.5 Å². The first kappa shape index (κ1) is 24.1. The number of aliphatic hydroxyl groups is 1. The number of rotatable bonds is 8. The summed E-state index contributed by atoms with van der Waals surface area (Å²) in [7, 11) is 1.55. The quantitative estimate of drug-likeness (QED) is 0.265. The molecule has 0 saturated carbocycles. The van der Waals surface area contributed by atoms with Crippen molar-refractivity contribution in [1.29, 1.82) is 0 Å². The molecule has 3 aromatic rings. The van der Waals surface area contributed by atoms with Crippen molar-refractivity contribution < 1.29 is 28.6 Å². The third kappa shape index (κ3) is 4.67. The Morgan fingerprint density at radius 2 is 1.91 bits per heavy atom. The summed E-state index contributed by atoms with van der Waals surface area (Å²) in [5.74, 6) is 0.273. The first-order chi connectivity index (χ1) is 16.8. The monoisotopic (exact) mass is 475 g/mol. The van der Waals surface area contributed by atoms with Crippen LogP contribution in [0.15, 0.2) is 70.9 Å². The average molecular weight is 476 g/mol. The molecule has 1 fully saturated rings. The number of hydrogen-bond donors (Lipinski definition) is 1. The number of Topliss-reactive ketones (excluding diaryl/α,β-unsaturated/α-hetero) is 1. The molecule has 0 bridgehead atoms. The summed E-state index contributed by atoms with van der Waals surface area (Å²) in [5, 5.41) is 11.4. The molecule has 2 heterocycles. The Kier molecular flexibility index (Phi) is 6.96. The second-order valence-electron chi connectivity index (χ2n) is 8.62. The van der Waals surface area contributed by atoms with Crippen LogP contribution in [0.3, 0.4) is 0 Å². The summed E-state index contributed by atoms with van der Waals surface area (Å²) in [6.45, 7) is 6.56. The molecule has 1 saturated heterocycles. The number of likely N-dealkylation sites (tertiary alicyclic amines) is 1. The molecule has 0 radical (unpaired) electrons. The van der Waals surface area contributed by atoms with Crippen molar-refractivity contribution in [2.75, 3.05) is 13.7 Å². The number of ketones is 1. The Morgan fingerprint density at radius 1 is 1.11 bits per heavy atom. The molecule has 7 nitrogen and oxygen atoms in total. The second kappa shape index (κ2) is 10.1. The zero-order valence-electron chi connectivity index (χ0n) is 20.3. The molecule has 4 rings (SSSR count). The topological polar surface area (TPSA) is 89.2 Å². The molecule has 1 N–H and O–H groups in total. The van der Waals surface area contributed by atoms with Gasteiger partial charge >= 0.3 is 0 Å². The molecular formula is C28H29NO6. The van der Waals surface area contributed by atoms with Crippen LogP contribution in [0.25, 0.3) is 5.76 Å². The van der Waals surface area contributed by atoms with E-state index in [1.54, 1.807) is 55.6 Å². The predicted octanol–water partition coefficient (Wildman–Crippen LogP) is 5.43. The molecule has 1 aromatic heterocycles. The third-order valence-electron chi connectivity index (χ3n) is 6.06. The van der Waals surface area contributed by atoms with E-state index in [2.05, 4.69) is 0 Å². The minimum Gasteiger partial charge on any atom is -0.507 e. The van der Waals surface area contributed by atoms with Gasteiger partial charge in [-0.1, -0.05) is 26.0 Å². The highest BCUT2D eigenvalue weighted by Gasteiger charge is 2.46. The van der Waals surface area contributed by atoms with Crippen LogP contribution in [0.2, 0.25) is 0 Å². The van der Waals surface area contributed by atoms with E-state index < -0.39 is 17.7 Å². The van der Waals surface area contributed by atoms with Gasteiger partial charge in [-0.05, 0) is 66.4 Å². The average Bonchev–Trinajstić information content (AvgIpc) is 3.46. The molecule has 1 aliphatic rings. The summed E-state index contributed by atoms with van der Waals surface area (Å²) >= 11 is 0. The Hall–Kier alpha value is -4.00. The van der Waals surface area contributed by atoms with Crippen molar-refractivity contribution in [2.45, 2.75) is 39.3 Å². The number of furan rings is 1. The van der Waals surface area contributed by atoms with E-state index in [-0.39, 0.29) is 23.8 Å². The first-order valence-corrected chi connectivity index (χ1v) is 11.6. The van der Waals surface area contributed by atoms with E-state index in [1.807, 2.05) is 26.8 Å². The maximum absolute atomic E-state index is 13.3. The van der Waals surface area contributed by atoms with Crippen molar-refractivity contribution in [3.8, 4) is 11.5 Å². The molecule has 1 aliphatic heterocycles.